The van der Waals surface area contributed by atoms with Crippen LogP contribution >= 0.6 is 38.5 Å². The van der Waals surface area contributed by atoms with Gasteiger partial charge in [-0.05, 0) is 56.8 Å². The topological polar surface area (TPSA) is 0 Å². The van der Waals surface area contributed by atoms with E-state index in [1.165, 1.54) is 20.3 Å². The molecule has 0 saturated carbocycles. The summed E-state index contributed by atoms with van der Waals surface area (Å²) in [5.41, 5.74) is 4.19. The SMILES string of the molecule is CC(C)(C)c1ccc(C(Br)c2cccc(I)c2)cc1. The lowest BCUT2D eigenvalue weighted by Crippen LogP contribution is -2.10. The summed E-state index contributed by atoms with van der Waals surface area (Å²) in [7, 11) is 0. The van der Waals surface area contributed by atoms with Crippen LogP contribution < -0.4 is 0 Å². The van der Waals surface area contributed by atoms with E-state index in [-0.39, 0.29) is 10.2 Å². The van der Waals surface area contributed by atoms with Crippen molar-refractivity contribution in [1.82, 2.24) is 0 Å². The predicted octanol–water partition coefficient (Wildman–Crippen LogP) is 6.07. The number of alkyl halides is 1. The van der Waals surface area contributed by atoms with Crippen molar-refractivity contribution in [2.24, 2.45) is 0 Å². The zero-order valence-corrected chi connectivity index (χ0v) is 15.2. The molecule has 0 amide bonds. The Morgan fingerprint density at radius 3 is 2.11 bits per heavy atom. The van der Waals surface area contributed by atoms with Crippen molar-refractivity contribution in [2.45, 2.75) is 31.0 Å². The molecule has 1 atom stereocenters. The Morgan fingerprint density at radius 2 is 1.58 bits per heavy atom. The molecule has 0 spiro atoms. The van der Waals surface area contributed by atoms with Crippen LogP contribution in [0.1, 0.15) is 42.3 Å². The van der Waals surface area contributed by atoms with Gasteiger partial charge in [0, 0.05) is 3.57 Å². The minimum absolute atomic E-state index is 0.211. The lowest BCUT2D eigenvalue weighted by atomic mass is 9.86. The molecule has 1 unspecified atom stereocenters. The molecule has 0 nitrogen and oxygen atoms in total. The second-order valence-electron chi connectivity index (χ2n) is 5.79. The normalized spacial score (nSPS) is 13.3. The first kappa shape index (κ1) is 15.0. The Hall–Kier alpha value is -0.350. The van der Waals surface area contributed by atoms with Gasteiger partial charge in [0.05, 0.1) is 4.83 Å². The molecular formula is C17H18BrI. The van der Waals surface area contributed by atoms with Crippen LogP contribution in [0, 0.1) is 3.57 Å². The van der Waals surface area contributed by atoms with Crippen LogP contribution in [-0.2, 0) is 5.41 Å². The number of hydrogen-bond acceptors (Lipinski definition) is 0. The van der Waals surface area contributed by atoms with Gasteiger partial charge in [0.15, 0.2) is 0 Å². The van der Waals surface area contributed by atoms with Crippen molar-refractivity contribution >= 4 is 38.5 Å². The molecule has 0 bridgehead atoms. The van der Waals surface area contributed by atoms with Gasteiger partial charge in [-0.3, -0.25) is 0 Å². The smallest absolute Gasteiger partial charge is 0.0645 e. The molecule has 0 aliphatic rings. The molecule has 2 rings (SSSR count). The molecule has 0 N–H and O–H groups in total. The molecule has 0 radical (unpaired) electrons. The molecule has 0 fully saturated rings. The molecule has 2 aromatic rings. The van der Waals surface area contributed by atoms with Crippen LogP contribution in [0.2, 0.25) is 0 Å². The molecule has 0 heterocycles. The lowest BCUT2D eigenvalue weighted by Gasteiger charge is -2.20. The van der Waals surface area contributed by atoms with Gasteiger partial charge in [-0.25, -0.2) is 0 Å². The highest BCUT2D eigenvalue weighted by molar-refractivity contribution is 14.1. The summed E-state index contributed by atoms with van der Waals surface area (Å²) in [6, 6.07) is 17.5. The first-order valence-electron chi connectivity index (χ1n) is 6.38. The van der Waals surface area contributed by atoms with Gasteiger partial charge >= 0.3 is 0 Å². The first-order chi connectivity index (χ1) is 8.88. The number of hydrogen-bond donors (Lipinski definition) is 0. The summed E-state index contributed by atoms with van der Waals surface area (Å²) in [6.07, 6.45) is 0. The van der Waals surface area contributed by atoms with Gasteiger partial charge in [0.2, 0.25) is 0 Å². The number of halogens is 2. The Labute approximate surface area is 137 Å². The molecule has 2 heteroatoms. The van der Waals surface area contributed by atoms with E-state index >= 15 is 0 Å². The average molecular weight is 429 g/mol. The third-order valence-electron chi connectivity index (χ3n) is 3.21. The average Bonchev–Trinajstić information content (AvgIpc) is 2.37. The summed E-state index contributed by atoms with van der Waals surface area (Å²) in [6.45, 7) is 6.73. The molecule has 100 valence electrons. The van der Waals surface area contributed by atoms with Crippen LogP contribution in [0.15, 0.2) is 48.5 Å². The van der Waals surface area contributed by atoms with Crippen LogP contribution in [0.3, 0.4) is 0 Å². The van der Waals surface area contributed by atoms with E-state index in [1.807, 2.05) is 0 Å². The Bertz CT molecular complexity index is 552. The van der Waals surface area contributed by atoms with Crippen molar-refractivity contribution in [3.8, 4) is 0 Å². The maximum atomic E-state index is 3.80. The van der Waals surface area contributed by atoms with E-state index < -0.39 is 0 Å². The highest BCUT2D eigenvalue weighted by Gasteiger charge is 2.15. The van der Waals surface area contributed by atoms with E-state index in [0.29, 0.717) is 0 Å². The fourth-order valence-corrected chi connectivity index (χ4v) is 3.17. The fourth-order valence-electron chi connectivity index (χ4n) is 2.01. The van der Waals surface area contributed by atoms with Crippen LogP contribution in [0.25, 0.3) is 0 Å². The molecule has 0 aromatic heterocycles. The Balaban J connectivity index is 2.27. The van der Waals surface area contributed by atoms with E-state index in [2.05, 4.69) is 108 Å². The minimum Gasteiger partial charge on any atom is -0.0786 e. The highest BCUT2D eigenvalue weighted by Crippen LogP contribution is 2.32. The van der Waals surface area contributed by atoms with Crippen LogP contribution in [-0.4, -0.2) is 0 Å². The maximum absolute atomic E-state index is 3.80. The van der Waals surface area contributed by atoms with Gasteiger partial charge in [0.25, 0.3) is 0 Å². The van der Waals surface area contributed by atoms with E-state index in [0.717, 1.165) is 0 Å². The molecule has 19 heavy (non-hydrogen) atoms. The third kappa shape index (κ3) is 3.82. The van der Waals surface area contributed by atoms with Crippen molar-refractivity contribution < 1.29 is 0 Å². The van der Waals surface area contributed by atoms with Gasteiger partial charge in [-0.2, -0.15) is 0 Å². The first-order valence-corrected chi connectivity index (χ1v) is 8.37. The predicted molar refractivity (Wildman–Crippen MR) is 95.1 cm³/mol. The summed E-state index contributed by atoms with van der Waals surface area (Å²) < 4.78 is 1.27. The second kappa shape index (κ2) is 5.96. The Morgan fingerprint density at radius 1 is 0.947 bits per heavy atom. The number of benzene rings is 2. The highest BCUT2D eigenvalue weighted by atomic mass is 127. The Kier molecular flexibility index (Phi) is 4.72. The van der Waals surface area contributed by atoms with Crippen molar-refractivity contribution in [3.63, 3.8) is 0 Å². The zero-order chi connectivity index (χ0) is 14.0. The summed E-state index contributed by atoms with van der Waals surface area (Å²) in [5, 5.41) is 0. The number of rotatable bonds is 2. The van der Waals surface area contributed by atoms with Gasteiger partial charge < -0.3 is 0 Å². The largest absolute Gasteiger partial charge is 0.0786 e. The minimum atomic E-state index is 0.211. The van der Waals surface area contributed by atoms with Gasteiger partial charge in [0.1, 0.15) is 0 Å². The maximum Gasteiger partial charge on any atom is 0.0645 e. The van der Waals surface area contributed by atoms with Crippen molar-refractivity contribution in [1.29, 1.82) is 0 Å². The lowest BCUT2D eigenvalue weighted by molar-refractivity contribution is 0.590. The van der Waals surface area contributed by atoms with Crippen LogP contribution in [0.4, 0.5) is 0 Å². The monoisotopic (exact) mass is 428 g/mol. The molecule has 0 aliphatic carbocycles. The second-order valence-corrected chi connectivity index (χ2v) is 7.95. The van der Waals surface area contributed by atoms with Gasteiger partial charge in [-0.15, -0.1) is 0 Å². The summed E-state index contributed by atoms with van der Waals surface area (Å²) >= 11 is 6.15. The van der Waals surface area contributed by atoms with E-state index in [4.69, 9.17) is 0 Å². The zero-order valence-electron chi connectivity index (χ0n) is 11.5. The third-order valence-corrected chi connectivity index (χ3v) is 4.94. The fraction of sp³-hybridized carbons (Fsp3) is 0.294. The summed E-state index contributed by atoms with van der Waals surface area (Å²) in [4.78, 5) is 0.260. The van der Waals surface area contributed by atoms with Crippen molar-refractivity contribution in [2.75, 3.05) is 0 Å². The molecule has 2 aromatic carbocycles. The quantitative estimate of drug-likeness (QED) is 0.402. The van der Waals surface area contributed by atoms with Crippen LogP contribution in [0.5, 0.6) is 0 Å². The molecular weight excluding hydrogens is 411 g/mol. The molecule has 0 saturated heterocycles. The van der Waals surface area contributed by atoms with E-state index in [9.17, 15) is 0 Å². The molecule has 0 aliphatic heterocycles. The standard InChI is InChI=1S/C17H18BrI/c1-17(2,3)14-9-7-12(8-10-14)16(18)13-5-4-6-15(19)11-13/h4-11,16H,1-3H3. The van der Waals surface area contributed by atoms with Crippen molar-refractivity contribution in [3.05, 3.63) is 68.8 Å². The van der Waals surface area contributed by atoms with Gasteiger partial charge in [-0.1, -0.05) is 73.1 Å². The van der Waals surface area contributed by atoms with E-state index in [1.54, 1.807) is 0 Å². The summed E-state index contributed by atoms with van der Waals surface area (Å²) in [5.74, 6) is 0.